The normalized spacial score (nSPS) is 18.4. The van der Waals surface area contributed by atoms with Crippen molar-refractivity contribution in [2.75, 3.05) is 33.3 Å². The molecule has 0 saturated carbocycles. The molecule has 1 atom stereocenters. The monoisotopic (exact) mass is 541 g/mol. The van der Waals surface area contributed by atoms with Crippen molar-refractivity contribution in [1.29, 1.82) is 0 Å². The molecule has 2 aliphatic heterocycles. The Hall–Kier alpha value is -2.77. The zero-order valence-electron chi connectivity index (χ0n) is 23.0. The zero-order valence-corrected chi connectivity index (χ0v) is 23.7. The van der Waals surface area contributed by atoms with Crippen molar-refractivity contribution in [2.45, 2.75) is 64.6 Å². The first-order valence-corrected chi connectivity index (χ1v) is 13.8. The second-order valence-corrected chi connectivity index (χ2v) is 11.9. The van der Waals surface area contributed by atoms with Crippen LogP contribution in [0.1, 0.15) is 63.6 Å². The van der Waals surface area contributed by atoms with Gasteiger partial charge in [-0.05, 0) is 88.9 Å². The molecule has 2 fully saturated rings. The highest BCUT2D eigenvalue weighted by atomic mass is 35.5. The number of likely N-dealkylation sites (tertiary alicyclic amines) is 2. The van der Waals surface area contributed by atoms with E-state index in [0.717, 1.165) is 62.3 Å². The molecule has 0 radical (unpaired) electrons. The summed E-state index contributed by atoms with van der Waals surface area (Å²) in [6.45, 7) is 9.53. The molecule has 0 bridgehead atoms. The number of carbonyl (C=O) groups is 2. The average Bonchev–Trinajstić information content (AvgIpc) is 3.17. The summed E-state index contributed by atoms with van der Waals surface area (Å²) in [6.07, 6.45) is 2.89. The fraction of sp³-hybridized carbons (Fsp3) is 0.533. The molecule has 2 amide bonds. The number of hydrogen-bond donors (Lipinski definition) is 1. The largest absolute Gasteiger partial charge is 0.497 e. The van der Waals surface area contributed by atoms with E-state index in [9.17, 15) is 9.59 Å². The number of nitrogens with one attached hydrogen (secondary N) is 1. The Morgan fingerprint density at radius 1 is 1.05 bits per heavy atom. The molecule has 1 N–H and O–H groups in total. The highest BCUT2D eigenvalue weighted by Gasteiger charge is 2.47. The summed E-state index contributed by atoms with van der Waals surface area (Å²) in [7, 11) is 1.66. The lowest BCUT2D eigenvalue weighted by molar-refractivity contribution is -0.138. The maximum absolute atomic E-state index is 13.4. The lowest BCUT2D eigenvalue weighted by Gasteiger charge is -2.38. The maximum atomic E-state index is 13.4. The molecule has 1 spiro atoms. The standard InChI is InChI=1S/C30H40ClN3O4/c1-29(2,3)38-28(36)32-26(24-7-5-6-8-25(24)31)13-17-33-18-14-30(15-19-33)16-20-34(27(30)35)21-22-9-11-23(37-4)12-10-22/h5-12,26H,13-21H2,1-4H3,(H,32,36). The molecule has 206 valence electrons. The van der Waals surface area contributed by atoms with Crippen molar-refractivity contribution in [1.82, 2.24) is 15.1 Å². The second kappa shape index (κ2) is 12.0. The number of nitrogens with zero attached hydrogens (tertiary/aromatic N) is 2. The van der Waals surface area contributed by atoms with E-state index in [1.807, 2.05) is 74.2 Å². The third-order valence-electron chi connectivity index (χ3n) is 7.65. The van der Waals surface area contributed by atoms with Crippen LogP contribution in [0.4, 0.5) is 4.79 Å². The van der Waals surface area contributed by atoms with Crippen molar-refractivity contribution in [3.63, 3.8) is 0 Å². The van der Waals surface area contributed by atoms with Gasteiger partial charge in [0.05, 0.1) is 18.6 Å². The third-order valence-corrected chi connectivity index (χ3v) is 8.00. The SMILES string of the molecule is COc1ccc(CN2CCC3(CCN(CCC(NC(=O)OC(C)(C)C)c4ccccc4Cl)CC3)C2=O)cc1. The van der Waals surface area contributed by atoms with Crippen LogP contribution in [0.2, 0.25) is 5.02 Å². The minimum Gasteiger partial charge on any atom is -0.497 e. The highest BCUT2D eigenvalue weighted by molar-refractivity contribution is 6.31. The molecule has 0 aliphatic carbocycles. The fourth-order valence-electron chi connectivity index (χ4n) is 5.49. The van der Waals surface area contributed by atoms with Gasteiger partial charge in [0.2, 0.25) is 5.91 Å². The smallest absolute Gasteiger partial charge is 0.408 e. The van der Waals surface area contributed by atoms with E-state index in [0.29, 0.717) is 18.0 Å². The van der Waals surface area contributed by atoms with Gasteiger partial charge in [-0.3, -0.25) is 4.79 Å². The number of benzene rings is 2. The van der Waals surface area contributed by atoms with Crippen LogP contribution in [0.15, 0.2) is 48.5 Å². The number of methoxy groups -OCH3 is 1. The Labute approximate surface area is 231 Å². The van der Waals surface area contributed by atoms with Gasteiger partial charge in [-0.1, -0.05) is 41.9 Å². The van der Waals surface area contributed by atoms with Crippen LogP contribution in [0.3, 0.4) is 0 Å². The van der Waals surface area contributed by atoms with Crippen LogP contribution in [-0.2, 0) is 16.1 Å². The number of carbonyl (C=O) groups excluding carboxylic acids is 2. The first-order chi connectivity index (χ1) is 18.1. The molecule has 8 heteroatoms. The lowest BCUT2D eigenvalue weighted by atomic mass is 9.77. The first-order valence-electron chi connectivity index (χ1n) is 13.5. The van der Waals surface area contributed by atoms with Gasteiger partial charge in [-0.15, -0.1) is 0 Å². The third kappa shape index (κ3) is 7.00. The van der Waals surface area contributed by atoms with E-state index < -0.39 is 11.7 Å². The first kappa shape index (κ1) is 28.2. The molecule has 2 saturated heterocycles. The van der Waals surface area contributed by atoms with Crippen molar-refractivity contribution < 1.29 is 19.1 Å². The van der Waals surface area contributed by atoms with Crippen LogP contribution in [0, 0.1) is 5.41 Å². The summed E-state index contributed by atoms with van der Waals surface area (Å²) in [5.74, 6) is 1.11. The van der Waals surface area contributed by atoms with Crippen molar-refractivity contribution in [3.05, 3.63) is 64.7 Å². The lowest BCUT2D eigenvalue weighted by Crippen LogP contribution is -2.45. The van der Waals surface area contributed by atoms with Crippen molar-refractivity contribution >= 4 is 23.6 Å². The Balaban J connectivity index is 1.32. The average molecular weight is 542 g/mol. The summed E-state index contributed by atoms with van der Waals surface area (Å²) in [5, 5.41) is 3.65. The van der Waals surface area contributed by atoms with E-state index >= 15 is 0 Å². The topological polar surface area (TPSA) is 71.1 Å². The summed E-state index contributed by atoms with van der Waals surface area (Å²) in [6, 6.07) is 15.3. The predicted molar refractivity (Wildman–Crippen MR) is 149 cm³/mol. The number of piperidine rings is 1. The van der Waals surface area contributed by atoms with Crippen LogP contribution in [0.25, 0.3) is 0 Å². The van der Waals surface area contributed by atoms with Crippen LogP contribution >= 0.6 is 11.6 Å². The number of hydrogen-bond acceptors (Lipinski definition) is 5. The van der Waals surface area contributed by atoms with Gasteiger partial charge in [-0.25, -0.2) is 4.79 Å². The second-order valence-electron chi connectivity index (χ2n) is 11.5. The van der Waals surface area contributed by atoms with Gasteiger partial charge in [0.25, 0.3) is 0 Å². The van der Waals surface area contributed by atoms with E-state index in [1.165, 1.54) is 0 Å². The molecule has 2 heterocycles. The van der Waals surface area contributed by atoms with Crippen molar-refractivity contribution in [3.8, 4) is 5.75 Å². The molecular formula is C30H40ClN3O4. The van der Waals surface area contributed by atoms with E-state index in [2.05, 4.69) is 10.2 Å². The molecule has 38 heavy (non-hydrogen) atoms. The number of alkyl carbamates (subject to hydrolysis) is 1. The molecule has 2 aromatic rings. The summed E-state index contributed by atoms with van der Waals surface area (Å²) in [5.41, 5.74) is 1.18. The molecular weight excluding hydrogens is 502 g/mol. The fourth-order valence-corrected chi connectivity index (χ4v) is 5.76. The Bertz CT molecular complexity index is 1110. The number of halogens is 1. The number of rotatable bonds is 8. The van der Waals surface area contributed by atoms with Gasteiger partial charge in [0.15, 0.2) is 0 Å². The van der Waals surface area contributed by atoms with Gasteiger partial charge in [-0.2, -0.15) is 0 Å². The molecule has 0 aromatic heterocycles. The Morgan fingerprint density at radius 3 is 2.34 bits per heavy atom. The molecule has 4 rings (SSSR count). The Kier molecular flexibility index (Phi) is 8.89. The molecule has 7 nitrogen and oxygen atoms in total. The minimum absolute atomic E-state index is 0.250. The summed E-state index contributed by atoms with van der Waals surface area (Å²) >= 11 is 6.49. The van der Waals surface area contributed by atoms with Gasteiger partial charge < -0.3 is 24.6 Å². The molecule has 1 unspecified atom stereocenters. The van der Waals surface area contributed by atoms with Crippen LogP contribution < -0.4 is 10.1 Å². The Morgan fingerprint density at radius 2 is 1.71 bits per heavy atom. The van der Waals surface area contributed by atoms with Crippen molar-refractivity contribution in [2.24, 2.45) is 5.41 Å². The molecule has 2 aliphatic rings. The minimum atomic E-state index is -0.578. The van der Waals surface area contributed by atoms with E-state index in [1.54, 1.807) is 7.11 Å². The maximum Gasteiger partial charge on any atom is 0.408 e. The number of ether oxygens (including phenoxy) is 2. The zero-order chi connectivity index (χ0) is 27.3. The van der Waals surface area contributed by atoms with Gasteiger partial charge in [0, 0.05) is 24.7 Å². The number of amides is 2. The summed E-state index contributed by atoms with van der Waals surface area (Å²) in [4.78, 5) is 30.4. The van der Waals surface area contributed by atoms with E-state index in [4.69, 9.17) is 21.1 Å². The highest BCUT2D eigenvalue weighted by Crippen LogP contribution is 2.42. The van der Waals surface area contributed by atoms with Crippen LogP contribution in [0.5, 0.6) is 5.75 Å². The van der Waals surface area contributed by atoms with Gasteiger partial charge >= 0.3 is 6.09 Å². The molecule has 2 aromatic carbocycles. The van der Waals surface area contributed by atoms with Crippen LogP contribution in [-0.4, -0.2) is 60.7 Å². The van der Waals surface area contributed by atoms with E-state index in [-0.39, 0.29) is 17.4 Å². The summed E-state index contributed by atoms with van der Waals surface area (Å²) < 4.78 is 10.8. The van der Waals surface area contributed by atoms with Gasteiger partial charge in [0.1, 0.15) is 11.4 Å². The predicted octanol–water partition coefficient (Wildman–Crippen LogP) is 5.82. The quantitative estimate of drug-likeness (QED) is 0.456.